The molecule has 1 aliphatic heterocycles. The Kier molecular flexibility index (Phi) is 4.69. The van der Waals surface area contributed by atoms with E-state index < -0.39 is 0 Å². The van der Waals surface area contributed by atoms with Crippen molar-refractivity contribution in [3.8, 4) is 5.75 Å². The van der Waals surface area contributed by atoms with Gasteiger partial charge in [0.25, 0.3) is 0 Å². The van der Waals surface area contributed by atoms with Gasteiger partial charge in [0.2, 0.25) is 0 Å². The highest BCUT2D eigenvalue weighted by Crippen LogP contribution is 2.31. The molecular weight excluding hydrogens is 260 g/mol. The lowest BCUT2D eigenvalue weighted by Crippen LogP contribution is -2.45. The van der Waals surface area contributed by atoms with Crippen molar-refractivity contribution in [1.29, 1.82) is 0 Å². The maximum atomic E-state index is 6.13. The van der Waals surface area contributed by atoms with Crippen LogP contribution in [0.1, 0.15) is 39.0 Å². The van der Waals surface area contributed by atoms with Gasteiger partial charge < -0.3 is 10.1 Å². The lowest BCUT2D eigenvalue weighted by Gasteiger charge is -2.37. The Morgan fingerprint density at radius 1 is 1.19 bits per heavy atom. The van der Waals surface area contributed by atoms with E-state index >= 15 is 0 Å². The molecular formula is C18H28N2O. The van der Waals surface area contributed by atoms with Crippen LogP contribution < -0.4 is 10.1 Å². The SMILES string of the molecule is CCC1CCC(N(C)CC2CNc3ccccc3O2)CC1. The normalized spacial score (nSPS) is 28.6. The van der Waals surface area contributed by atoms with Crippen LogP contribution in [0.2, 0.25) is 0 Å². The molecule has 21 heavy (non-hydrogen) atoms. The van der Waals surface area contributed by atoms with E-state index in [9.17, 15) is 0 Å². The molecule has 116 valence electrons. The molecule has 0 radical (unpaired) electrons. The highest BCUT2D eigenvalue weighted by molar-refractivity contribution is 5.57. The summed E-state index contributed by atoms with van der Waals surface area (Å²) in [5, 5.41) is 3.49. The van der Waals surface area contributed by atoms with E-state index in [1.807, 2.05) is 12.1 Å². The summed E-state index contributed by atoms with van der Waals surface area (Å²) in [5.41, 5.74) is 1.12. The van der Waals surface area contributed by atoms with Gasteiger partial charge in [0.15, 0.2) is 0 Å². The topological polar surface area (TPSA) is 24.5 Å². The van der Waals surface area contributed by atoms with E-state index in [2.05, 4.69) is 36.3 Å². The van der Waals surface area contributed by atoms with Crippen molar-refractivity contribution in [2.24, 2.45) is 5.92 Å². The summed E-state index contributed by atoms with van der Waals surface area (Å²) < 4.78 is 6.13. The number of ether oxygens (including phenoxy) is 1. The molecule has 3 nitrogen and oxygen atoms in total. The molecule has 1 aromatic carbocycles. The molecule has 1 aromatic rings. The Hall–Kier alpha value is -1.22. The molecule has 2 aliphatic rings. The number of anilines is 1. The Bertz CT molecular complexity index is 454. The zero-order valence-electron chi connectivity index (χ0n) is 13.3. The highest BCUT2D eigenvalue weighted by atomic mass is 16.5. The number of nitrogens with zero attached hydrogens (tertiary/aromatic N) is 1. The van der Waals surface area contributed by atoms with Gasteiger partial charge in [0, 0.05) is 12.6 Å². The summed E-state index contributed by atoms with van der Waals surface area (Å²) in [6.07, 6.45) is 7.12. The molecule has 1 atom stereocenters. The third kappa shape index (κ3) is 3.52. The zero-order valence-corrected chi connectivity index (χ0v) is 13.3. The van der Waals surface area contributed by atoms with Gasteiger partial charge in [-0.25, -0.2) is 0 Å². The lowest BCUT2D eigenvalue weighted by atomic mass is 9.84. The van der Waals surface area contributed by atoms with Crippen LogP contribution in [0.15, 0.2) is 24.3 Å². The number of rotatable bonds is 4. The van der Waals surface area contributed by atoms with Crippen molar-refractivity contribution >= 4 is 5.69 Å². The number of benzene rings is 1. The van der Waals surface area contributed by atoms with Crippen LogP contribution in [-0.4, -0.2) is 37.2 Å². The fourth-order valence-corrected chi connectivity index (χ4v) is 3.73. The van der Waals surface area contributed by atoms with E-state index in [1.165, 1.54) is 32.1 Å². The van der Waals surface area contributed by atoms with Crippen molar-refractivity contribution in [2.75, 3.05) is 25.5 Å². The van der Waals surface area contributed by atoms with Crippen LogP contribution in [0, 0.1) is 5.92 Å². The molecule has 1 heterocycles. The summed E-state index contributed by atoms with van der Waals surface area (Å²) in [5.74, 6) is 1.96. The second kappa shape index (κ2) is 6.69. The number of hydrogen-bond donors (Lipinski definition) is 1. The van der Waals surface area contributed by atoms with Gasteiger partial charge in [-0.15, -0.1) is 0 Å². The molecule has 0 aromatic heterocycles. The molecule has 0 bridgehead atoms. The van der Waals surface area contributed by atoms with Gasteiger partial charge >= 0.3 is 0 Å². The molecule has 1 fully saturated rings. The first kappa shape index (κ1) is 14.7. The standard InChI is InChI=1S/C18H28N2O/c1-3-14-8-10-15(11-9-14)20(2)13-16-12-19-17-6-4-5-7-18(17)21-16/h4-7,14-16,19H,3,8-13H2,1-2H3. The molecule has 1 unspecified atom stereocenters. The first-order valence-corrected chi connectivity index (χ1v) is 8.46. The van der Waals surface area contributed by atoms with Crippen LogP contribution in [-0.2, 0) is 0 Å². The minimum atomic E-state index is 0.258. The largest absolute Gasteiger partial charge is 0.485 e. The Morgan fingerprint density at radius 3 is 2.71 bits per heavy atom. The number of nitrogens with one attached hydrogen (secondary N) is 1. The predicted octanol–water partition coefficient (Wildman–Crippen LogP) is 3.76. The minimum Gasteiger partial charge on any atom is -0.485 e. The first-order chi connectivity index (χ1) is 10.3. The summed E-state index contributed by atoms with van der Waals surface area (Å²) >= 11 is 0. The van der Waals surface area contributed by atoms with Crippen LogP contribution >= 0.6 is 0 Å². The van der Waals surface area contributed by atoms with Crippen LogP contribution in [0.5, 0.6) is 5.75 Å². The van der Waals surface area contributed by atoms with Gasteiger partial charge in [-0.1, -0.05) is 25.5 Å². The summed E-state index contributed by atoms with van der Waals surface area (Å²) in [6, 6.07) is 8.97. The van der Waals surface area contributed by atoms with Gasteiger partial charge in [-0.3, -0.25) is 4.90 Å². The average molecular weight is 288 g/mol. The second-order valence-electron chi connectivity index (χ2n) is 6.64. The molecule has 1 N–H and O–H groups in total. The maximum Gasteiger partial charge on any atom is 0.142 e. The van der Waals surface area contributed by atoms with Crippen molar-refractivity contribution in [2.45, 2.75) is 51.2 Å². The van der Waals surface area contributed by atoms with Gasteiger partial charge in [0.05, 0.1) is 12.2 Å². The molecule has 1 saturated carbocycles. The minimum absolute atomic E-state index is 0.258. The van der Waals surface area contributed by atoms with Crippen molar-refractivity contribution < 1.29 is 4.74 Å². The molecule has 1 aliphatic carbocycles. The molecule has 3 heteroatoms. The third-order valence-electron chi connectivity index (χ3n) is 5.21. The number of para-hydroxylation sites is 2. The van der Waals surface area contributed by atoms with Gasteiger partial charge in [-0.2, -0.15) is 0 Å². The average Bonchev–Trinajstić information content (AvgIpc) is 2.55. The van der Waals surface area contributed by atoms with Crippen molar-refractivity contribution in [3.05, 3.63) is 24.3 Å². The summed E-state index contributed by atoms with van der Waals surface area (Å²) in [7, 11) is 2.26. The Labute approximate surface area is 128 Å². The summed E-state index contributed by atoms with van der Waals surface area (Å²) in [4.78, 5) is 2.52. The quantitative estimate of drug-likeness (QED) is 0.913. The molecule has 0 amide bonds. The van der Waals surface area contributed by atoms with E-state index in [4.69, 9.17) is 4.74 Å². The van der Waals surface area contributed by atoms with Crippen LogP contribution in [0.25, 0.3) is 0 Å². The van der Waals surface area contributed by atoms with Gasteiger partial charge in [-0.05, 0) is 50.8 Å². The van der Waals surface area contributed by atoms with E-state index in [1.54, 1.807) is 0 Å². The van der Waals surface area contributed by atoms with Gasteiger partial charge in [0.1, 0.15) is 11.9 Å². The zero-order chi connectivity index (χ0) is 14.7. The first-order valence-electron chi connectivity index (χ1n) is 8.46. The van der Waals surface area contributed by atoms with E-state index in [-0.39, 0.29) is 6.10 Å². The molecule has 0 saturated heterocycles. The van der Waals surface area contributed by atoms with E-state index in [0.717, 1.165) is 36.5 Å². The predicted molar refractivity (Wildman–Crippen MR) is 88.0 cm³/mol. The third-order valence-corrected chi connectivity index (χ3v) is 5.21. The number of fused-ring (bicyclic) bond motifs is 1. The molecule has 0 spiro atoms. The van der Waals surface area contributed by atoms with Crippen LogP contribution in [0.4, 0.5) is 5.69 Å². The Morgan fingerprint density at radius 2 is 1.95 bits per heavy atom. The monoisotopic (exact) mass is 288 g/mol. The highest BCUT2D eigenvalue weighted by Gasteiger charge is 2.26. The fourth-order valence-electron chi connectivity index (χ4n) is 3.73. The maximum absolute atomic E-state index is 6.13. The lowest BCUT2D eigenvalue weighted by molar-refractivity contribution is 0.100. The number of hydrogen-bond acceptors (Lipinski definition) is 3. The van der Waals surface area contributed by atoms with Crippen molar-refractivity contribution in [3.63, 3.8) is 0 Å². The second-order valence-corrected chi connectivity index (χ2v) is 6.64. The molecule has 3 rings (SSSR count). The van der Waals surface area contributed by atoms with Crippen molar-refractivity contribution in [1.82, 2.24) is 4.90 Å². The van der Waals surface area contributed by atoms with E-state index in [0.29, 0.717) is 0 Å². The number of likely N-dealkylation sites (N-methyl/N-ethyl adjacent to an activating group) is 1. The smallest absolute Gasteiger partial charge is 0.142 e. The summed E-state index contributed by atoms with van der Waals surface area (Å²) in [6.45, 7) is 4.25. The fraction of sp³-hybridized carbons (Fsp3) is 0.667. The Balaban J connectivity index is 1.51. The van der Waals surface area contributed by atoms with Crippen LogP contribution in [0.3, 0.4) is 0 Å².